The third-order valence-corrected chi connectivity index (χ3v) is 4.23. The maximum atomic E-state index is 13.1. The SMILES string of the molecule is CCOC(=O)CCc1ccc(Cc2ccc(C#N)c(C(F)(F)F)c2)c(C)c1.CN. The van der Waals surface area contributed by atoms with Gasteiger partial charge in [-0.2, -0.15) is 18.4 Å². The van der Waals surface area contributed by atoms with Gasteiger partial charge in [-0.3, -0.25) is 4.79 Å². The molecule has 0 fully saturated rings. The van der Waals surface area contributed by atoms with Crippen molar-refractivity contribution < 1.29 is 22.7 Å². The number of carbonyl (C=O) groups is 1. The van der Waals surface area contributed by atoms with Crippen molar-refractivity contribution in [3.05, 3.63) is 69.8 Å². The van der Waals surface area contributed by atoms with Crippen LogP contribution in [0.3, 0.4) is 0 Å². The Labute approximate surface area is 169 Å². The summed E-state index contributed by atoms with van der Waals surface area (Å²) >= 11 is 0. The highest BCUT2D eigenvalue weighted by Gasteiger charge is 2.33. The predicted molar refractivity (Wildman–Crippen MR) is 105 cm³/mol. The van der Waals surface area contributed by atoms with Gasteiger partial charge < -0.3 is 10.5 Å². The zero-order chi connectivity index (χ0) is 22.0. The fourth-order valence-corrected chi connectivity index (χ4v) is 2.84. The minimum absolute atomic E-state index is 0.253. The highest BCUT2D eigenvalue weighted by molar-refractivity contribution is 5.69. The molecule has 0 heterocycles. The third kappa shape index (κ3) is 7.24. The van der Waals surface area contributed by atoms with Crippen LogP contribution in [0.4, 0.5) is 13.2 Å². The van der Waals surface area contributed by atoms with Crippen molar-refractivity contribution in [2.24, 2.45) is 5.73 Å². The number of benzene rings is 2. The van der Waals surface area contributed by atoms with Gasteiger partial charge in [0.15, 0.2) is 0 Å². The van der Waals surface area contributed by atoms with Crippen LogP contribution in [0.2, 0.25) is 0 Å². The van der Waals surface area contributed by atoms with Crippen molar-refractivity contribution in [1.82, 2.24) is 0 Å². The number of rotatable bonds is 6. The van der Waals surface area contributed by atoms with Crippen LogP contribution in [-0.4, -0.2) is 19.6 Å². The topological polar surface area (TPSA) is 76.1 Å². The first-order chi connectivity index (χ1) is 13.7. The van der Waals surface area contributed by atoms with Crippen LogP contribution in [0.1, 0.15) is 46.7 Å². The Bertz CT molecular complexity index is 871. The van der Waals surface area contributed by atoms with E-state index in [0.717, 1.165) is 22.8 Å². The van der Waals surface area contributed by atoms with Crippen molar-refractivity contribution in [3.8, 4) is 6.07 Å². The summed E-state index contributed by atoms with van der Waals surface area (Å²) < 4.78 is 44.2. The molecule has 0 saturated heterocycles. The van der Waals surface area contributed by atoms with Crippen LogP contribution >= 0.6 is 0 Å². The first kappa shape index (κ1) is 24.2. The highest BCUT2D eigenvalue weighted by Crippen LogP contribution is 2.33. The molecule has 0 unspecified atom stereocenters. The minimum Gasteiger partial charge on any atom is -0.466 e. The van der Waals surface area contributed by atoms with Gasteiger partial charge >= 0.3 is 12.1 Å². The minimum atomic E-state index is -4.56. The Morgan fingerprint density at radius 1 is 1.14 bits per heavy atom. The summed E-state index contributed by atoms with van der Waals surface area (Å²) in [5.41, 5.74) is 6.51. The largest absolute Gasteiger partial charge is 0.466 e. The lowest BCUT2D eigenvalue weighted by molar-refractivity contribution is -0.143. The third-order valence-electron chi connectivity index (χ3n) is 4.23. The molecule has 0 atom stereocenters. The molecule has 0 aliphatic rings. The summed E-state index contributed by atoms with van der Waals surface area (Å²) in [6.45, 7) is 3.99. The van der Waals surface area contributed by atoms with Crippen LogP contribution in [0.15, 0.2) is 36.4 Å². The maximum absolute atomic E-state index is 13.1. The average Bonchev–Trinajstić information content (AvgIpc) is 2.69. The maximum Gasteiger partial charge on any atom is 0.417 e. The van der Waals surface area contributed by atoms with Gasteiger partial charge in [0.05, 0.1) is 23.8 Å². The molecular weight excluding hydrogens is 381 g/mol. The Hall–Kier alpha value is -2.85. The van der Waals surface area contributed by atoms with Crippen LogP contribution in [-0.2, 0) is 28.5 Å². The van der Waals surface area contributed by atoms with Gasteiger partial charge in [-0.15, -0.1) is 0 Å². The first-order valence-electron chi connectivity index (χ1n) is 9.16. The molecule has 0 amide bonds. The number of esters is 1. The van der Waals surface area contributed by atoms with E-state index in [1.54, 1.807) is 19.1 Å². The molecule has 4 nitrogen and oxygen atoms in total. The quantitative estimate of drug-likeness (QED) is 0.714. The van der Waals surface area contributed by atoms with Crippen molar-refractivity contribution >= 4 is 5.97 Å². The van der Waals surface area contributed by atoms with E-state index in [-0.39, 0.29) is 18.0 Å². The van der Waals surface area contributed by atoms with Gasteiger partial charge in [-0.1, -0.05) is 24.3 Å². The first-order valence-corrected chi connectivity index (χ1v) is 9.16. The molecule has 29 heavy (non-hydrogen) atoms. The number of carbonyl (C=O) groups excluding carboxylic acids is 1. The van der Waals surface area contributed by atoms with E-state index in [1.807, 2.05) is 25.1 Å². The second kappa shape index (κ2) is 11.2. The normalized spacial score (nSPS) is 10.6. The van der Waals surface area contributed by atoms with E-state index in [2.05, 4.69) is 5.73 Å². The van der Waals surface area contributed by atoms with Crippen molar-refractivity contribution in [2.45, 2.75) is 39.3 Å². The standard InChI is InChI=1S/C21H20F3NO2.CH5N/c1-3-27-20(26)9-6-15-4-7-17(14(2)10-15)11-16-5-8-18(13-25)19(12-16)21(22,23)24;1-2/h4-5,7-8,10,12H,3,6,9,11H2,1-2H3;2H2,1H3. The molecule has 2 aromatic rings. The number of nitrogens with two attached hydrogens (primary N) is 1. The lowest BCUT2D eigenvalue weighted by Gasteiger charge is -2.12. The second-order valence-corrected chi connectivity index (χ2v) is 6.23. The number of halogens is 3. The van der Waals surface area contributed by atoms with Crippen molar-refractivity contribution in [3.63, 3.8) is 0 Å². The summed E-state index contributed by atoms with van der Waals surface area (Å²) in [5, 5.41) is 8.88. The molecule has 0 bridgehead atoms. The monoisotopic (exact) mass is 406 g/mol. The number of nitriles is 1. The van der Waals surface area contributed by atoms with Crippen LogP contribution in [0.5, 0.6) is 0 Å². The van der Waals surface area contributed by atoms with Gasteiger partial charge in [-0.05, 0) is 68.1 Å². The van der Waals surface area contributed by atoms with E-state index in [9.17, 15) is 18.0 Å². The molecule has 0 radical (unpaired) electrons. The van der Waals surface area contributed by atoms with Crippen LogP contribution in [0.25, 0.3) is 0 Å². The molecule has 2 rings (SSSR count). The molecule has 0 aliphatic heterocycles. The lowest BCUT2D eigenvalue weighted by atomic mass is 9.95. The van der Waals surface area contributed by atoms with Crippen LogP contribution in [0, 0.1) is 18.3 Å². The molecule has 7 heteroatoms. The smallest absolute Gasteiger partial charge is 0.417 e. The number of aryl methyl sites for hydroxylation is 2. The summed E-state index contributed by atoms with van der Waals surface area (Å²) in [6, 6.07) is 11.0. The van der Waals surface area contributed by atoms with Gasteiger partial charge in [-0.25, -0.2) is 0 Å². The molecule has 0 saturated carbocycles. The number of hydrogen-bond donors (Lipinski definition) is 1. The number of alkyl halides is 3. The zero-order valence-electron chi connectivity index (χ0n) is 16.8. The summed E-state index contributed by atoms with van der Waals surface area (Å²) in [4.78, 5) is 11.4. The van der Waals surface area contributed by atoms with Crippen LogP contribution < -0.4 is 5.73 Å². The van der Waals surface area contributed by atoms with Crippen molar-refractivity contribution in [1.29, 1.82) is 5.26 Å². The molecule has 156 valence electrons. The Morgan fingerprint density at radius 3 is 2.34 bits per heavy atom. The molecule has 0 aromatic heterocycles. The second-order valence-electron chi connectivity index (χ2n) is 6.23. The number of ether oxygens (including phenoxy) is 1. The summed E-state index contributed by atoms with van der Waals surface area (Å²) in [7, 11) is 1.50. The molecule has 2 N–H and O–H groups in total. The Kier molecular flexibility index (Phi) is 9.36. The van der Waals surface area contributed by atoms with Gasteiger partial charge in [0.1, 0.15) is 0 Å². The van der Waals surface area contributed by atoms with E-state index in [4.69, 9.17) is 10.00 Å². The van der Waals surface area contributed by atoms with Crippen molar-refractivity contribution in [2.75, 3.05) is 13.7 Å². The highest BCUT2D eigenvalue weighted by atomic mass is 19.4. The Balaban J connectivity index is 0.00000204. The van der Waals surface area contributed by atoms with Gasteiger partial charge in [0, 0.05) is 6.42 Å². The Morgan fingerprint density at radius 2 is 1.79 bits per heavy atom. The average molecular weight is 406 g/mol. The van der Waals surface area contributed by atoms with E-state index >= 15 is 0 Å². The molecule has 0 spiro atoms. The molecule has 2 aromatic carbocycles. The van der Waals surface area contributed by atoms with E-state index in [0.29, 0.717) is 25.0 Å². The molecular formula is C22H25F3N2O2. The summed E-state index contributed by atoms with van der Waals surface area (Å²) in [6.07, 6.45) is -3.39. The lowest BCUT2D eigenvalue weighted by Crippen LogP contribution is -2.09. The fraction of sp³-hybridized carbons (Fsp3) is 0.364. The number of nitrogens with zero attached hydrogens (tertiary/aromatic N) is 1. The predicted octanol–water partition coefficient (Wildman–Crippen LogP) is 4.55. The zero-order valence-corrected chi connectivity index (χ0v) is 16.8. The van der Waals surface area contributed by atoms with E-state index in [1.165, 1.54) is 13.1 Å². The summed E-state index contributed by atoms with van der Waals surface area (Å²) in [5.74, 6) is -0.253. The fourth-order valence-electron chi connectivity index (χ4n) is 2.84. The van der Waals surface area contributed by atoms with Gasteiger partial charge in [0.25, 0.3) is 0 Å². The number of hydrogen-bond acceptors (Lipinski definition) is 4. The molecule has 0 aliphatic carbocycles. The van der Waals surface area contributed by atoms with E-state index < -0.39 is 11.7 Å². The van der Waals surface area contributed by atoms with Gasteiger partial charge in [0.2, 0.25) is 0 Å².